The molecule has 1 aromatic rings. The molecule has 0 saturated heterocycles. The molecule has 112 valence electrons. The number of halogens is 2. The van der Waals surface area contributed by atoms with Crippen LogP contribution in [0.5, 0.6) is 5.75 Å². The first-order valence-electron chi connectivity index (χ1n) is 7.27. The maximum absolute atomic E-state index is 6.42. The van der Waals surface area contributed by atoms with Crippen LogP contribution in [0.4, 0.5) is 0 Å². The largest absolute Gasteiger partial charge is 0.495 e. The van der Waals surface area contributed by atoms with Crippen LogP contribution in [0, 0.1) is 11.8 Å². The lowest BCUT2D eigenvalue weighted by atomic mass is 9.77. The van der Waals surface area contributed by atoms with Crippen LogP contribution in [0.25, 0.3) is 0 Å². The Bertz CT molecular complexity index is 456. The first kappa shape index (κ1) is 15.9. The van der Waals surface area contributed by atoms with Crippen LogP contribution in [-0.4, -0.2) is 14.2 Å². The van der Waals surface area contributed by atoms with E-state index in [4.69, 9.17) is 27.9 Å². The molecule has 1 fully saturated rings. The average Bonchev–Trinajstić information content (AvgIpc) is 2.45. The molecule has 2 rings (SSSR count). The third kappa shape index (κ3) is 3.41. The zero-order chi connectivity index (χ0) is 14.7. The molecule has 0 aromatic heterocycles. The van der Waals surface area contributed by atoms with Crippen LogP contribution in [0.1, 0.15) is 44.2 Å². The molecule has 20 heavy (non-hydrogen) atoms. The molecule has 0 radical (unpaired) electrons. The summed E-state index contributed by atoms with van der Waals surface area (Å²) in [6, 6.07) is 4.02. The van der Waals surface area contributed by atoms with Gasteiger partial charge in [0, 0.05) is 17.1 Å². The van der Waals surface area contributed by atoms with Gasteiger partial charge in [-0.05, 0) is 43.4 Å². The molecule has 1 aliphatic carbocycles. The summed E-state index contributed by atoms with van der Waals surface area (Å²) in [5.74, 6) is 2.10. The van der Waals surface area contributed by atoms with Crippen molar-refractivity contribution in [2.24, 2.45) is 11.8 Å². The van der Waals surface area contributed by atoms with E-state index < -0.39 is 0 Å². The topological polar surface area (TPSA) is 21.3 Å². The van der Waals surface area contributed by atoms with Crippen molar-refractivity contribution >= 4 is 23.2 Å². The third-order valence-corrected chi connectivity index (χ3v) is 5.07. The second-order valence-corrected chi connectivity index (χ2v) is 6.61. The summed E-state index contributed by atoms with van der Waals surface area (Å²) < 4.78 is 5.22. The van der Waals surface area contributed by atoms with Gasteiger partial charge in [-0.3, -0.25) is 0 Å². The maximum atomic E-state index is 6.42. The highest BCUT2D eigenvalue weighted by Crippen LogP contribution is 2.41. The monoisotopic (exact) mass is 315 g/mol. The Morgan fingerprint density at radius 1 is 1.15 bits per heavy atom. The van der Waals surface area contributed by atoms with Crippen LogP contribution in [0.2, 0.25) is 10.0 Å². The van der Waals surface area contributed by atoms with E-state index in [9.17, 15) is 0 Å². The van der Waals surface area contributed by atoms with E-state index in [1.54, 1.807) is 7.11 Å². The SMILES string of the molecule is CNC(c1cc(Cl)c(OC)cc1Cl)C1CCC(C)CC1. The minimum absolute atomic E-state index is 0.262. The quantitative estimate of drug-likeness (QED) is 0.835. The van der Waals surface area contributed by atoms with Gasteiger partial charge in [0.15, 0.2) is 0 Å². The van der Waals surface area contributed by atoms with Crippen LogP contribution in [-0.2, 0) is 0 Å². The molecule has 0 bridgehead atoms. The van der Waals surface area contributed by atoms with E-state index in [0.717, 1.165) is 16.5 Å². The van der Waals surface area contributed by atoms with E-state index in [0.29, 0.717) is 16.7 Å². The fourth-order valence-corrected chi connectivity index (χ4v) is 3.72. The predicted molar refractivity (Wildman–Crippen MR) is 85.9 cm³/mol. The number of hydrogen-bond donors (Lipinski definition) is 1. The Morgan fingerprint density at radius 3 is 2.35 bits per heavy atom. The van der Waals surface area contributed by atoms with Crippen molar-refractivity contribution < 1.29 is 4.74 Å². The molecule has 0 aliphatic heterocycles. The first-order valence-corrected chi connectivity index (χ1v) is 8.02. The van der Waals surface area contributed by atoms with Crippen molar-refractivity contribution in [1.29, 1.82) is 0 Å². The average molecular weight is 316 g/mol. The summed E-state index contributed by atoms with van der Waals surface area (Å²) in [5.41, 5.74) is 1.08. The number of rotatable bonds is 4. The highest BCUT2D eigenvalue weighted by atomic mass is 35.5. The molecule has 1 atom stereocenters. The minimum atomic E-state index is 0.262. The van der Waals surface area contributed by atoms with Crippen molar-refractivity contribution in [3.8, 4) is 5.75 Å². The summed E-state index contributed by atoms with van der Waals surface area (Å²) in [6.07, 6.45) is 5.08. The molecule has 1 saturated carbocycles. The van der Waals surface area contributed by atoms with Gasteiger partial charge in [0.1, 0.15) is 5.75 Å². The summed E-state index contributed by atoms with van der Waals surface area (Å²) in [6.45, 7) is 2.34. The van der Waals surface area contributed by atoms with Gasteiger partial charge in [0.2, 0.25) is 0 Å². The maximum Gasteiger partial charge on any atom is 0.138 e. The second kappa shape index (κ2) is 7.02. The molecular formula is C16H23Cl2NO. The van der Waals surface area contributed by atoms with Crippen LogP contribution in [0.3, 0.4) is 0 Å². The highest BCUT2D eigenvalue weighted by Gasteiger charge is 2.28. The number of benzene rings is 1. The summed E-state index contributed by atoms with van der Waals surface area (Å²) >= 11 is 12.7. The second-order valence-electron chi connectivity index (χ2n) is 5.79. The zero-order valence-electron chi connectivity index (χ0n) is 12.4. The Hall–Kier alpha value is -0.440. The van der Waals surface area contributed by atoms with Gasteiger partial charge in [0.05, 0.1) is 12.1 Å². The Kier molecular flexibility index (Phi) is 5.59. The van der Waals surface area contributed by atoms with Crippen LogP contribution >= 0.6 is 23.2 Å². The van der Waals surface area contributed by atoms with Crippen molar-refractivity contribution in [2.45, 2.75) is 38.6 Å². The number of hydrogen-bond acceptors (Lipinski definition) is 2. The molecule has 1 unspecified atom stereocenters. The molecule has 0 amide bonds. The van der Waals surface area contributed by atoms with Crippen molar-refractivity contribution in [3.63, 3.8) is 0 Å². The first-order chi connectivity index (χ1) is 9.56. The van der Waals surface area contributed by atoms with Gasteiger partial charge in [-0.2, -0.15) is 0 Å². The minimum Gasteiger partial charge on any atom is -0.495 e. The molecule has 1 aromatic carbocycles. The van der Waals surface area contributed by atoms with Crippen molar-refractivity contribution in [3.05, 3.63) is 27.7 Å². The number of ether oxygens (including phenoxy) is 1. The lowest BCUT2D eigenvalue weighted by Crippen LogP contribution is -2.28. The lowest BCUT2D eigenvalue weighted by molar-refractivity contribution is 0.238. The fourth-order valence-electron chi connectivity index (χ4n) is 3.20. The number of nitrogens with one attached hydrogen (secondary N) is 1. The van der Waals surface area contributed by atoms with Gasteiger partial charge in [-0.15, -0.1) is 0 Å². The van der Waals surface area contributed by atoms with Gasteiger partial charge in [0.25, 0.3) is 0 Å². The Morgan fingerprint density at radius 2 is 1.80 bits per heavy atom. The molecule has 4 heteroatoms. The lowest BCUT2D eigenvalue weighted by Gasteiger charge is -2.33. The molecular weight excluding hydrogens is 293 g/mol. The smallest absolute Gasteiger partial charge is 0.138 e. The van der Waals surface area contributed by atoms with E-state index in [-0.39, 0.29) is 6.04 Å². The molecule has 2 nitrogen and oxygen atoms in total. The Balaban J connectivity index is 2.25. The van der Waals surface area contributed by atoms with Gasteiger partial charge < -0.3 is 10.1 Å². The highest BCUT2D eigenvalue weighted by molar-refractivity contribution is 6.34. The number of methoxy groups -OCH3 is 1. The van der Waals surface area contributed by atoms with E-state index in [2.05, 4.69) is 12.2 Å². The van der Waals surface area contributed by atoms with Gasteiger partial charge >= 0.3 is 0 Å². The van der Waals surface area contributed by atoms with Crippen LogP contribution in [0.15, 0.2) is 12.1 Å². The molecule has 0 heterocycles. The van der Waals surface area contributed by atoms with Crippen molar-refractivity contribution in [1.82, 2.24) is 5.32 Å². The van der Waals surface area contributed by atoms with Crippen molar-refractivity contribution in [2.75, 3.05) is 14.2 Å². The molecule has 0 spiro atoms. The summed E-state index contributed by atoms with van der Waals surface area (Å²) in [5, 5.41) is 4.77. The zero-order valence-corrected chi connectivity index (χ0v) is 13.9. The summed E-state index contributed by atoms with van der Waals surface area (Å²) in [4.78, 5) is 0. The fraction of sp³-hybridized carbons (Fsp3) is 0.625. The third-order valence-electron chi connectivity index (χ3n) is 4.45. The summed E-state index contributed by atoms with van der Waals surface area (Å²) in [7, 11) is 3.60. The van der Waals surface area contributed by atoms with Gasteiger partial charge in [-0.1, -0.05) is 43.0 Å². The standard InChI is InChI=1S/C16H23Cl2NO/c1-10-4-6-11(7-5-10)16(19-2)12-8-14(18)15(20-3)9-13(12)17/h8-11,16,19H,4-7H2,1-3H3. The van der Waals surface area contributed by atoms with Gasteiger partial charge in [-0.25, -0.2) is 0 Å². The molecule has 1 aliphatic rings. The van der Waals surface area contributed by atoms with E-state index in [1.165, 1.54) is 25.7 Å². The Labute approximate surface area is 131 Å². The normalized spacial score (nSPS) is 24.4. The van der Waals surface area contributed by atoms with E-state index >= 15 is 0 Å². The van der Waals surface area contributed by atoms with E-state index in [1.807, 2.05) is 19.2 Å². The molecule has 1 N–H and O–H groups in total. The predicted octanol–water partition coefficient (Wildman–Crippen LogP) is 5.09. The van der Waals surface area contributed by atoms with Crippen LogP contribution < -0.4 is 10.1 Å².